The molecule has 0 saturated heterocycles. The van der Waals surface area contributed by atoms with Gasteiger partial charge in [-0.15, -0.1) is 0 Å². The number of aromatic nitrogens is 1. The van der Waals surface area contributed by atoms with E-state index in [2.05, 4.69) is 23.0 Å². The van der Waals surface area contributed by atoms with E-state index in [0.29, 0.717) is 12.6 Å². The van der Waals surface area contributed by atoms with Gasteiger partial charge in [-0.25, -0.2) is 4.98 Å². The Morgan fingerprint density at radius 2 is 2.33 bits per heavy atom. The minimum atomic E-state index is 0.691. The van der Waals surface area contributed by atoms with Crippen LogP contribution in [0.1, 0.15) is 24.8 Å². The van der Waals surface area contributed by atoms with Crippen LogP contribution in [-0.4, -0.2) is 24.6 Å². The fourth-order valence-corrected chi connectivity index (χ4v) is 2.05. The molecule has 0 spiro atoms. The van der Waals surface area contributed by atoms with Crippen LogP contribution in [0.5, 0.6) is 0 Å². The molecule has 0 bridgehead atoms. The van der Waals surface area contributed by atoms with Gasteiger partial charge in [0.15, 0.2) is 0 Å². The fourth-order valence-electron chi connectivity index (χ4n) is 2.05. The third-order valence-corrected chi connectivity index (χ3v) is 3.24. The highest BCUT2D eigenvalue weighted by Gasteiger charge is 2.24. The first kappa shape index (κ1) is 10.4. The first-order valence-electron chi connectivity index (χ1n) is 5.69. The highest BCUT2D eigenvalue weighted by Crippen LogP contribution is 2.28. The summed E-state index contributed by atoms with van der Waals surface area (Å²) in [5.41, 5.74) is 6.88. The molecule has 0 radical (unpaired) electrons. The van der Waals surface area contributed by atoms with Crippen LogP contribution in [-0.2, 0) is 6.42 Å². The van der Waals surface area contributed by atoms with Crippen molar-refractivity contribution in [3.63, 3.8) is 0 Å². The quantitative estimate of drug-likeness (QED) is 0.811. The Morgan fingerprint density at radius 1 is 1.53 bits per heavy atom. The molecule has 2 N–H and O–H groups in total. The van der Waals surface area contributed by atoms with E-state index >= 15 is 0 Å². The van der Waals surface area contributed by atoms with Crippen LogP contribution in [0.25, 0.3) is 0 Å². The van der Waals surface area contributed by atoms with Gasteiger partial charge in [-0.3, -0.25) is 0 Å². The Kier molecular flexibility index (Phi) is 3.21. The molecule has 3 nitrogen and oxygen atoms in total. The average molecular weight is 205 g/mol. The molecular formula is C12H19N3. The van der Waals surface area contributed by atoms with Gasteiger partial charge in [0, 0.05) is 19.3 Å². The van der Waals surface area contributed by atoms with Gasteiger partial charge in [0.25, 0.3) is 0 Å². The molecule has 1 aliphatic rings. The summed E-state index contributed by atoms with van der Waals surface area (Å²) in [5, 5.41) is 0. The predicted octanol–water partition coefficient (Wildman–Crippen LogP) is 1.57. The predicted molar refractivity (Wildman–Crippen MR) is 63.0 cm³/mol. The van der Waals surface area contributed by atoms with Crippen LogP contribution in [0.15, 0.2) is 18.3 Å². The second-order valence-electron chi connectivity index (χ2n) is 4.22. The maximum atomic E-state index is 5.61. The molecular weight excluding hydrogens is 186 g/mol. The maximum absolute atomic E-state index is 5.61. The lowest BCUT2D eigenvalue weighted by Crippen LogP contribution is -2.38. The maximum Gasteiger partial charge on any atom is 0.131 e. The van der Waals surface area contributed by atoms with Crippen molar-refractivity contribution >= 4 is 5.82 Å². The SMILES string of the molecule is CN(c1ncccc1CCN)C1CCC1. The minimum absolute atomic E-state index is 0.691. The van der Waals surface area contributed by atoms with Gasteiger partial charge >= 0.3 is 0 Å². The number of nitrogens with zero attached hydrogens (tertiary/aromatic N) is 2. The van der Waals surface area contributed by atoms with E-state index in [-0.39, 0.29) is 0 Å². The van der Waals surface area contributed by atoms with Crippen LogP contribution in [0.4, 0.5) is 5.82 Å². The number of pyridine rings is 1. The summed E-state index contributed by atoms with van der Waals surface area (Å²) in [6.07, 6.45) is 6.74. The van der Waals surface area contributed by atoms with Gasteiger partial charge in [-0.05, 0) is 43.9 Å². The standard InChI is InChI=1S/C12H19N3/c1-15(11-5-2-6-11)12-10(7-8-13)4-3-9-14-12/h3-4,9,11H,2,5-8,13H2,1H3. The normalized spacial score (nSPS) is 16.1. The summed E-state index contributed by atoms with van der Waals surface area (Å²) < 4.78 is 0. The van der Waals surface area contributed by atoms with E-state index in [1.807, 2.05) is 12.3 Å². The molecule has 0 unspecified atom stereocenters. The summed E-state index contributed by atoms with van der Waals surface area (Å²) in [6, 6.07) is 4.81. The van der Waals surface area contributed by atoms with E-state index in [1.54, 1.807) is 0 Å². The van der Waals surface area contributed by atoms with Crippen molar-refractivity contribution in [3.8, 4) is 0 Å². The Bertz CT molecular complexity index is 320. The molecule has 2 rings (SSSR count). The van der Waals surface area contributed by atoms with Gasteiger partial charge in [-0.2, -0.15) is 0 Å². The van der Waals surface area contributed by atoms with Crippen molar-refractivity contribution in [2.24, 2.45) is 5.73 Å². The zero-order valence-electron chi connectivity index (χ0n) is 9.32. The molecule has 3 heteroatoms. The van der Waals surface area contributed by atoms with Gasteiger partial charge in [0.2, 0.25) is 0 Å². The summed E-state index contributed by atoms with van der Waals surface area (Å²) in [6.45, 7) is 0.692. The van der Waals surface area contributed by atoms with Crippen molar-refractivity contribution in [2.75, 3.05) is 18.5 Å². The van der Waals surface area contributed by atoms with Crippen molar-refractivity contribution in [3.05, 3.63) is 23.9 Å². The summed E-state index contributed by atoms with van der Waals surface area (Å²) in [4.78, 5) is 6.78. The first-order chi connectivity index (χ1) is 7.33. The van der Waals surface area contributed by atoms with E-state index in [9.17, 15) is 0 Å². The molecule has 1 aliphatic carbocycles. The van der Waals surface area contributed by atoms with Crippen LogP contribution in [0, 0.1) is 0 Å². The monoisotopic (exact) mass is 205 g/mol. The number of anilines is 1. The number of hydrogen-bond acceptors (Lipinski definition) is 3. The zero-order chi connectivity index (χ0) is 10.7. The van der Waals surface area contributed by atoms with E-state index < -0.39 is 0 Å². The minimum Gasteiger partial charge on any atom is -0.356 e. The smallest absolute Gasteiger partial charge is 0.131 e. The van der Waals surface area contributed by atoms with Crippen molar-refractivity contribution in [1.29, 1.82) is 0 Å². The molecule has 82 valence electrons. The Hall–Kier alpha value is -1.09. The summed E-state index contributed by atoms with van der Waals surface area (Å²) >= 11 is 0. The number of rotatable bonds is 4. The lowest BCUT2D eigenvalue weighted by Gasteiger charge is -2.36. The second kappa shape index (κ2) is 4.62. The molecule has 1 heterocycles. The fraction of sp³-hybridized carbons (Fsp3) is 0.583. The van der Waals surface area contributed by atoms with Crippen molar-refractivity contribution in [1.82, 2.24) is 4.98 Å². The number of nitrogens with two attached hydrogens (primary N) is 1. The van der Waals surface area contributed by atoms with Crippen LogP contribution < -0.4 is 10.6 Å². The molecule has 1 aromatic heterocycles. The molecule has 0 atom stereocenters. The first-order valence-corrected chi connectivity index (χ1v) is 5.69. The van der Waals surface area contributed by atoms with Crippen molar-refractivity contribution in [2.45, 2.75) is 31.7 Å². The zero-order valence-corrected chi connectivity index (χ0v) is 9.32. The Labute approximate surface area is 91.3 Å². The topological polar surface area (TPSA) is 42.2 Å². The molecule has 0 aliphatic heterocycles. The molecule has 1 aromatic rings. The van der Waals surface area contributed by atoms with E-state index in [4.69, 9.17) is 5.73 Å². The van der Waals surface area contributed by atoms with Crippen LogP contribution in [0.2, 0.25) is 0 Å². The Morgan fingerprint density at radius 3 is 2.93 bits per heavy atom. The van der Waals surface area contributed by atoms with Gasteiger partial charge in [0.05, 0.1) is 0 Å². The average Bonchev–Trinajstić information content (AvgIpc) is 2.16. The van der Waals surface area contributed by atoms with Gasteiger partial charge < -0.3 is 10.6 Å². The van der Waals surface area contributed by atoms with E-state index in [1.165, 1.54) is 24.8 Å². The highest BCUT2D eigenvalue weighted by atomic mass is 15.2. The summed E-state index contributed by atoms with van der Waals surface area (Å²) in [7, 11) is 2.15. The molecule has 15 heavy (non-hydrogen) atoms. The lowest BCUT2D eigenvalue weighted by molar-refractivity contribution is 0.398. The lowest BCUT2D eigenvalue weighted by atomic mass is 9.91. The second-order valence-corrected chi connectivity index (χ2v) is 4.22. The third kappa shape index (κ3) is 2.12. The van der Waals surface area contributed by atoms with Crippen LogP contribution >= 0.6 is 0 Å². The number of hydrogen-bond donors (Lipinski definition) is 1. The van der Waals surface area contributed by atoms with Gasteiger partial charge in [0.1, 0.15) is 5.82 Å². The Balaban J connectivity index is 2.17. The third-order valence-electron chi connectivity index (χ3n) is 3.24. The molecule has 1 saturated carbocycles. The summed E-state index contributed by atoms with van der Waals surface area (Å²) in [5.74, 6) is 1.12. The largest absolute Gasteiger partial charge is 0.356 e. The van der Waals surface area contributed by atoms with Crippen molar-refractivity contribution < 1.29 is 0 Å². The molecule has 1 fully saturated rings. The van der Waals surface area contributed by atoms with Crippen LogP contribution in [0.3, 0.4) is 0 Å². The highest BCUT2D eigenvalue weighted by molar-refractivity contribution is 5.47. The van der Waals surface area contributed by atoms with E-state index in [0.717, 1.165) is 12.2 Å². The van der Waals surface area contributed by atoms with Gasteiger partial charge in [-0.1, -0.05) is 6.07 Å². The molecule has 0 aromatic carbocycles. The molecule has 0 amide bonds.